The molecule has 1 heterocycles. The third kappa shape index (κ3) is 2.00. The van der Waals surface area contributed by atoms with Crippen molar-refractivity contribution in [1.82, 2.24) is 0 Å². The van der Waals surface area contributed by atoms with E-state index < -0.39 is 0 Å². The molecule has 0 saturated carbocycles. The Morgan fingerprint density at radius 1 is 1.64 bits per heavy atom. The highest BCUT2D eigenvalue weighted by atomic mass is 16.3. The third-order valence-electron chi connectivity index (χ3n) is 1.30. The van der Waals surface area contributed by atoms with Gasteiger partial charge in [-0.15, -0.1) is 0 Å². The van der Waals surface area contributed by atoms with Crippen molar-refractivity contribution in [2.75, 3.05) is 0 Å². The Labute approximate surface area is 64.9 Å². The highest BCUT2D eigenvalue weighted by molar-refractivity contribution is 5.75. The number of nitrogens with zero attached hydrogens (tertiary/aromatic N) is 1. The van der Waals surface area contributed by atoms with Crippen molar-refractivity contribution in [2.45, 2.75) is 13.0 Å². The van der Waals surface area contributed by atoms with Crippen LogP contribution in [0.4, 0.5) is 0 Å². The Hall–Kier alpha value is -1.45. The Bertz CT molecular complexity index is 236. The molecule has 1 atom stereocenters. The molecule has 0 aliphatic rings. The van der Waals surface area contributed by atoms with E-state index in [1.54, 1.807) is 12.3 Å². The van der Waals surface area contributed by atoms with E-state index in [0.29, 0.717) is 0 Å². The molecule has 4 nitrogen and oxygen atoms in total. The summed E-state index contributed by atoms with van der Waals surface area (Å²) in [5, 5.41) is 0. The van der Waals surface area contributed by atoms with Crippen LogP contribution in [0.15, 0.2) is 27.8 Å². The minimum atomic E-state index is -0.102. The Morgan fingerprint density at radius 2 is 2.36 bits per heavy atom. The van der Waals surface area contributed by atoms with Gasteiger partial charge in [0.05, 0.1) is 6.26 Å². The second-order valence-electron chi connectivity index (χ2n) is 2.25. The van der Waals surface area contributed by atoms with E-state index in [1.165, 1.54) is 0 Å². The smallest absolute Gasteiger partial charge is 0.186 e. The van der Waals surface area contributed by atoms with Gasteiger partial charge in [-0.05, 0) is 19.1 Å². The molecule has 0 aliphatic heterocycles. The quantitative estimate of drug-likeness (QED) is 0.482. The van der Waals surface area contributed by atoms with Crippen LogP contribution in [0.5, 0.6) is 0 Å². The van der Waals surface area contributed by atoms with Gasteiger partial charge in [-0.3, -0.25) is 0 Å². The molecule has 4 heteroatoms. The van der Waals surface area contributed by atoms with E-state index in [1.807, 2.05) is 13.0 Å². The average molecular weight is 153 g/mol. The fourth-order valence-electron chi connectivity index (χ4n) is 0.816. The summed E-state index contributed by atoms with van der Waals surface area (Å²) in [4.78, 5) is 3.90. The zero-order valence-electron chi connectivity index (χ0n) is 6.32. The van der Waals surface area contributed by atoms with Gasteiger partial charge in [-0.25, -0.2) is 4.99 Å². The minimum Gasteiger partial charge on any atom is -0.467 e. The van der Waals surface area contributed by atoms with Gasteiger partial charge < -0.3 is 15.9 Å². The van der Waals surface area contributed by atoms with E-state index in [9.17, 15) is 0 Å². The van der Waals surface area contributed by atoms with E-state index in [2.05, 4.69) is 4.99 Å². The van der Waals surface area contributed by atoms with Crippen LogP contribution in [-0.2, 0) is 0 Å². The molecule has 1 rings (SSSR count). The van der Waals surface area contributed by atoms with Gasteiger partial charge in [-0.1, -0.05) is 0 Å². The number of hydrogen-bond donors (Lipinski definition) is 2. The summed E-state index contributed by atoms with van der Waals surface area (Å²) in [6, 6.07) is 3.53. The summed E-state index contributed by atoms with van der Waals surface area (Å²) in [6.07, 6.45) is 1.59. The number of furan rings is 1. The van der Waals surface area contributed by atoms with Crippen molar-refractivity contribution < 1.29 is 4.42 Å². The summed E-state index contributed by atoms with van der Waals surface area (Å²) in [5.41, 5.74) is 10.4. The fraction of sp³-hybridized carbons (Fsp3) is 0.286. The summed E-state index contributed by atoms with van der Waals surface area (Å²) in [6.45, 7) is 1.86. The molecule has 1 aromatic rings. The first-order valence-electron chi connectivity index (χ1n) is 3.32. The Kier molecular flexibility index (Phi) is 2.15. The van der Waals surface area contributed by atoms with Crippen LogP contribution in [0, 0.1) is 0 Å². The van der Waals surface area contributed by atoms with Gasteiger partial charge in [-0.2, -0.15) is 0 Å². The molecule has 0 amide bonds. The molecule has 1 unspecified atom stereocenters. The normalized spacial score (nSPS) is 12.5. The highest BCUT2D eigenvalue weighted by Gasteiger charge is 2.04. The zero-order valence-corrected chi connectivity index (χ0v) is 6.32. The lowest BCUT2D eigenvalue weighted by molar-refractivity contribution is 0.480. The van der Waals surface area contributed by atoms with Crippen molar-refractivity contribution in [3.63, 3.8) is 0 Å². The van der Waals surface area contributed by atoms with Crippen molar-refractivity contribution in [3.05, 3.63) is 24.2 Å². The second-order valence-corrected chi connectivity index (χ2v) is 2.25. The maximum Gasteiger partial charge on any atom is 0.186 e. The molecule has 0 bridgehead atoms. The molecule has 1 aromatic heterocycles. The predicted molar refractivity (Wildman–Crippen MR) is 42.9 cm³/mol. The summed E-state index contributed by atoms with van der Waals surface area (Å²) >= 11 is 0. The zero-order chi connectivity index (χ0) is 8.27. The van der Waals surface area contributed by atoms with Gasteiger partial charge in [0.25, 0.3) is 0 Å². The average Bonchev–Trinajstić information content (AvgIpc) is 2.35. The molecule has 0 radical (unpaired) electrons. The van der Waals surface area contributed by atoms with Crippen molar-refractivity contribution in [2.24, 2.45) is 16.5 Å². The SMILES string of the molecule is CC(N=C(N)N)c1ccco1. The van der Waals surface area contributed by atoms with E-state index >= 15 is 0 Å². The number of guanidine groups is 1. The lowest BCUT2D eigenvalue weighted by Gasteiger charge is -2.00. The second kappa shape index (κ2) is 3.09. The van der Waals surface area contributed by atoms with Crippen LogP contribution < -0.4 is 11.5 Å². The van der Waals surface area contributed by atoms with Crippen LogP contribution in [0.2, 0.25) is 0 Å². The molecule has 0 aliphatic carbocycles. The van der Waals surface area contributed by atoms with Crippen molar-refractivity contribution >= 4 is 5.96 Å². The van der Waals surface area contributed by atoms with E-state index in [0.717, 1.165) is 5.76 Å². The first kappa shape index (κ1) is 7.65. The maximum absolute atomic E-state index is 5.19. The summed E-state index contributed by atoms with van der Waals surface area (Å²) in [5.74, 6) is 0.840. The number of hydrogen-bond acceptors (Lipinski definition) is 2. The van der Waals surface area contributed by atoms with Gasteiger partial charge in [0.2, 0.25) is 0 Å². The largest absolute Gasteiger partial charge is 0.467 e. The third-order valence-corrected chi connectivity index (χ3v) is 1.30. The van der Waals surface area contributed by atoms with Crippen LogP contribution >= 0.6 is 0 Å². The topological polar surface area (TPSA) is 77.5 Å². The minimum absolute atomic E-state index is 0.0777. The monoisotopic (exact) mass is 153 g/mol. The number of rotatable bonds is 2. The lowest BCUT2D eigenvalue weighted by atomic mass is 10.3. The molecule has 0 fully saturated rings. The summed E-state index contributed by atoms with van der Waals surface area (Å²) in [7, 11) is 0. The maximum atomic E-state index is 5.19. The van der Waals surface area contributed by atoms with Crippen LogP contribution in [-0.4, -0.2) is 5.96 Å². The fourth-order valence-corrected chi connectivity index (χ4v) is 0.816. The number of nitrogens with two attached hydrogens (primary N) is 2. The lowest BCUT2D eigenvalue weighted by Crippen LogP contribution is -2.23. The van der Waals surface area contributed by atoms with Crippen LogP contribution in [0.25, 0.3) is 0 Å². The van der Waals surface area contributed by atoms with Gasteiger partial charge >= 0.3 is 0 Å². The predicted octanol–water partition coefficient (Wildman–Crippen LogP) is 0.614. The Balaban J connectivity index is 2.71. The molecule has 60 valence electrons. The molecule has 0 aromatic carbocycles. The van der Waals surface area contributed by atoms with Gasteiger partial charge in [0.1, 0.15) is 11.8 Å². The van der Waals surface area contributed by atoms with E-state index in [-0.39, 0.29) is 12.0 Å². The van der Waals surface area contributed by atoms with E-state index in [4.69, 9.17) is 15.9 Å². The first-order chi connectivity index (χ1) is 5.20. The Morgan fingerprint density at radius 3 is 2.82 bits per heavy atom. The highest BCUT2D eigenvalue weighted by Crippen LogP contribution is 2.15. The molecular weight excluding hydrogens is 142 g/mol. The standard InChI is InChI=1S/C7H11N3O/c1-5(10-7(8)9)6-3-2-4-11-6/h2-5H,1H3,(H4,8,9,10). The number of aliphatic imine (C=N–C) groups is 1. The van der Waals surface area contributed by atoms with Gasteiger partial charge in [0.15, 0.2) is 5.96 Å². The molecular formula is C7H11N3O. The molecule has 0 spiro atoms. The molecule has 4 N–H and O–H groups in total. The van der Waals surface area contributed by atoms with Crippen LogP contribution in [0.1, 0.15) is 18.7 Å². The molecule has 11 heavy (non-hydrogen) atoms. The van der Waals surface area contributed by atoms with Crippen molar-refractivity contribution in [1.29, 1.82) is 0 Å². The summed E-state index contributed by atoms with van der Waals surface area (Å²) < 4.78 is 5.08. The molecule has 0 saturated heterocycles. The van der Waals surface area contributed by atoms with Gasteiger partial charge in [0, 0.05) is 0 Å². The van der Waals surface area contributed by atoms with Crippen molar-refractivity contribution in [3.8, 4) is 0 Å². The van der Waals surface area contributed by atoms with Crippen LogP contribution in [0.3, 0.4) is 0 Å². The first-order valence-corrected chi connectivity index (χ1v) is 3.32.